The van der Waals surface area contributed by atoms with E-state index >= 15 is 0 Å². The van der Waals surface area contributed by atoms with Crippen LogP contribution >= 0.6 is 0 Å². The first-order valence-corrected chi connectivity index (χ1v) is 12.3. The summed E-state index contributed by atoms with van der Waals surface area (Å²) in [5.74, 6) is -0.373. The van der Waals surface area contributed by atoms with Crippen LogP contribution in [0.3, 0.4) is 0 Å². The molecule has 0 saturated heterocycles. The molecule has 182 valence electrons. The number of aromatic amines is 1. The number of carbonyl (C=O) groups is 2. The molecule has 37 heavy (non-hydrogen) atoms. The average Bonchev–Trinajstić information content (AvgIpc) is 3.43. The smallest absolute Gasteiger partial charge is 0.255 e. The van der Waals surface area contributed by atoms with Gasteiger partial charge in [0.25, 0.3) is 5.91 Å². The van der Waals surface area contributed by atoms with Crippen LogP contribution in [-0.4, -0.2) is 33.2 Å². The number of hydrogen-bond acceptors (Lipinski definition) is 3. The van der Waals surface area contributed by atoms with E-state index in [-0.39, 0.29) is 18.4 Å². The minimum atomic E-state index is -0.406. The lowest BCUT2D eigenvalue weighted by Gasteiger charge is -2.26. The molecule has 5 aromatic rings. The maximum atomic E-state index is 13.7. The molecule has 2 aromatic heterocycles. The summed E-state index contributed by atoms with van der Waals surface area (Å²) in [4.78, 5) is 36.3. The van der Waals surface area contributed by atoms with E-state index in [2.05, 4.69) is 52.5 Å². The van der Waals surface area contributed by atoms with E-state index in [0.717, 1.165) is 39.0 Å². The SMILES string of the molecule is Cc1ccc(-c2[nH]c3ccccc3c2[C@H]2c3ccccc3C(=O)N2CC(=O)NCc2ccccn2)cc1. The van der Waals surface area contributed by atoms with E-state index in [9.17, 15) is 9.59 Å². The first-order chi connectivity index (χ1) is 18.1. The summed E-state index contributed by atoms with van der Waals surface area (Å²) >= 11 is 0. The van der Waals surface area contributed by atoms with Crippen molar-refractivity contribution in [2.75, 3.05) is 6.54 Å². The number of rotatable bonds is 6. The second kappa shape index (κ2) is 9.39. The molecule has 3 heterocycles. The van der Waals surface area contributed by atoms with Gasteiger partial charge in [-0.1, -0.05) is 72.3 Å². The fraction of sp³-hybridized carbons (Fsp3) is 0.129. The molecular formula is C31H26N4O2. The summed E-state index contributed by atoms with van der Waals surface area (Å²) in [6.45, 7) is 2.31. The lowest BCUT2D eigenvalue weighted by atomic mass is 9.93. The fourth-order valence-electron chi connectivity index (χ4n) is 5.14. The third-order valence-corrected chi connectivity index (χ3v) is 6.93. The Balaban J connectivity index is 1.43. The van der Waals surface area contributed by atoms with E-state index in [1.54, 1.807) is 11.1 Å². The minimum absolute atomic E-state index is 0.0577. The van der Waals surface area contributed by atoms with Gasteiger partial charge in [0.15, 0.2) is 0 Å². The third kappa shape index (κ3) is 4.16. The van der Waals surface area contributed by atoms with Gasteiger partial charge >= 0.3 is 0 Å². The normalized spacial score (nSPS) is 14.7. The average molecular weight is 487 g/mol. The zero-order valence-electron chi connectivity index (χ0n) is 20.4. The van der Waals surface area contributed by atoms with Gasteiger partial charge in [0.1, 0.15) is 6.54 Å². The minimum Gasteiger partial charge on any atom is -0.354 e. The number of fused-ring (bicyclic) bond motifs is 2. The predicted molar refractivity (Wildman–Crippen MR) is 144 cm³/mol. The molecule has 0 fully saturated rings. The van der Waals surface area contributed by atoms with Crippen molar-refractivity contribution < 1.29 is 9.59 Å². The largest absolute Gasteiger partial charge is 0.354 e. The van der Waals surface area contributed by atoms with Crippen molar-refractivity contribution in [3.8, 4) is 11.3 Å². The van der Waals surface area contributed by atoms with Gasteiger partial charge in [-0.15, -0.1) is 0 Å². The number of nitrogens with one attached hydrogen (secondary N) is 2. The zero-order chi connectivity index (χ0) is 25.4. The number of H-pyrrole nitrogens is 1. The van der Waals surface area contributed by atoms with Crippen molar-refractivity contribution in [1.29, 1.82) is 0 Å². The fourth-order valence-corrected chi connectivity index (χ4v) is 5.14. The van der Waals surface area contributed by atoms with Gasteiger partial charge < -0.3 is 15.2 Å². The van der Waals surface area contributed by atoms with E-state index in [1.165, 1.54) is 5.56 Å². The molecule has 2 amide bonds. The Labute approximate surface area is 215 Å². The van der Waals surface area contributed by atoms with Crippen LogP contribution in [0.2, 0.25) is 0 Å². The number of pyridine rings is 1. The highest BCUT2D eigenvalue weighted by Crippen LogP contribution is 2.45. The number of aryl methyl sites for hydroxylation is 1. The zero-order valence-corrected chi connectivity index (χ0v) is 20.4. The standard InChI is InChI=1S/C31H26N4O2/c1-20-13-15-21(16-14-20)29-28(25-11-4-5-12-26(25)34-29)30-23-9-2-3-10-24(23)31(37)35(30)19-27(36)33-18-22-8-6-7-17-32-22/h2-17,30,34H,18-19H2,1H3,(H,33,36)/t30-/m1/s1. The Morgan fingerprint density at radius 1 is 0.946 bits per heavy atom. The van der Waals surface area contributed by atoms with Gasteiger partial charge in [0.2, 0.25) is 5.91 Å². The Bertz CT molecular complexity index is 1610. The summed E-state index contributed by atoms with van der Waals surface area (Å²) in [5.41, 5.74) is 7.45. The van der Waals surface area contributed by atoms with Crippen LogP contribution in [0.25, 0.3) is 22.2 Å². The van der Waals surface area contributed by atoms with Crippen molar-refractivity contribution >= 4 is 22.7 Å². The number of aromatic nitrogens is 2. The summed E-state index contributed by atoms with van der Waals surface area (Å²) in [5, 5.41) is 3.96. The summed E-state index contributed by atoms with van der Waals surface area (Å²) in [6.07, 6.45) is 1.70. The second-order valence-corrected chi connectivity index (χ2v) is 9.35. The Morgan fingerprint density at radius 2 is 1.70 bits per heavy atom. The van der Waals surface area contributed by atoms with E-state index in [0.29, 0.717) is 12.1 Å². The summed E-state index contributed by atoms with van der Waals surface area (Å²) < 4.78 is 0. The van der Waals surface area contributed by atoms with Crippen molar-refractivity contribution in [3.63, 3.8) is 0 Å². The number of carbonyl (C=O) groups excluding carboxylic acids is 2. The van der Waals surface area contributed by atoms with Gasteiger partial charge in [-0.25, -0.2) is 0 Å². The molecular weight excluding hydrogens is 460 g/mol. The molecule has 2 N–H and O–H groups in total. The van der Waals surface area contributed by atoms with E-state index < -0.39 is 6.04 Å². The van der Waals surface area contributed by atoms with Gasteiger partial charge in [-0.2, -0.15) is 0 Å². The Hall–Kier alpha value is -4.71. The summed E-state index contributed by atoms with van der Waals surface area (Å²) in [7, 11) is 0. The molecule has 0 spiro atoms. The van der Waals surface area contributed by atoms with Crippen molar-refractivity contribution in [1.82, 2.24) is 20.2 Å². The van der Waals surface area contributed by atoms with E-state index in [4.69, 9.17) is 0 Å². The highest BCUT2D eigenvalue weighted by Gasteiger charge is 2.40. The number of amides is 2. The van der Waals surface area contributed by atoms with Crippen LogP contribution in [0.5, 0.6) is 0 Å². The van der Waals surface area contributed by atoms with Crippen LogP contribution in [-0.2, 0) is 11.3 Å². The van der Waals surface area contributed by atoms with Crippen LogP contribution in [0.15, 0.2) is 97.2 Å². The summed E-state index contributed by atoms with van der Waals surface area (Å²) in [6, 6.07) is 29.3. The first-order valence-electron chi connectivity index (χ1n) is 12.3. The maximum Gasteiger partial charge on any atom is 0.255 e. The molecule has 1 atom stereocenters. The van der Waals surface area contributed by atoms with Gasteiger partial charge in [0.05, 0.1) is 24.0 Å². The van der Waals surface area contributed by atoms with Gasteiger partial charge in [-0.3, -0.25) is 14.6 Å². The third-order valence-electron chi connectivity index (χ3n) is 6.93. The van der Waals surface area contributed by atoms with Crippen LogP contribution in [0.1, 0.15) is 38.8 Å². The second-order valence-electron chi connectivity index (χ2n) is 9.35. The molecule has 1 aliphatic rings. The maximum absolute atomic E-state index is 13.7. The molecule has 6 rings (SSSR count). The number of para-hydroxylation sites is 1. The highest BCUT2D eigenvalue weighted by molar-refractivity contribution is 6.03. The van der Waals surface area contributed by atoms with Gasteiger partial charge in [0, 0.05) is 28.2 Å². The lowest BCUT2D eigenvalue weighted by Crippen LogP contribution is -2.39. The van der Waals surface area contributed by atoms with Crippen molar-refractivity contribution in [3.05, 3.63) is 125 Å². The number of hydrogen-bond donors (Lipinski definition) is 2. The van der Waals surface area contributed by atoms with E-state index in [1.807, 2.05) is 60.7 Å². The van der Waals surface area contributed by atoms with Crippen LogP contribution in [0.4, 0.5) is 0 Å². The van der Waals surface area contributed by atoms with Crippen molar-refractivity contribution in [2.45, 2.75) is 19.5 Å². The first kappa shape index (κ1) is 22.7. The molecule has 0 unspecified atom stereocenters. The van der Waals surface area contributed by atoms with Crippen molar-refractivity contribution in [2.24, 2.45) is 0 Å². The molecule has 6 nitrogen and oxygen atoms in total. The molecule has 6 heteroatoms. The predicted octanol–water partition coefficient (Wildman–Crippen LogP) is 5.40. The molecule has 0 radical (unpaired) electrons. The molecule has 0 bridgehead atoms. The molecule has 3 aromatic carbocycles. The molecule has 0 saturated carbocycles. The van der Waals surface area contributed by atoms with Gasteiger partial charge in [-0.05, 0) is 42.3 Å². The van der Waals surface area contributed by atoms with Crippen LogP contribution < -0.4 is 5.32 Å². The molecule has 1 aliphatic heterocycles. The lowest BCUT2D eigenvalue weighted by molar-refractivity contribution is -0.122. The number of benzene rings is 3. The highest BCUT2D eigenvalue weighted by atomic mass is 16.2. The monoisotopic (exact) mass is 486 g/mol. The Kier molecular flexibility index (Phi) is 5.77. The topological polar surface area (TPSA) is 78.1 Å². The number of nitrogens with zero attached hydrogens (tertiary/aromatic N) is 2. The van der Waals surface area contributed by atoms with Crippen LogP contribution in [0, 0.1) is 6.92 Å². The quantitative estimate of drug-likeness (QED) is 0.337. The molecule has 0 aliphatic carbocycles. The Morgan fingerprint density at radius 3 is 2.51 bits per heavy atom.